The number of benzene rings is 3. The third-order valence-corrected chi connectivity index (χ3v) is 6.52. The smallest absolute Gasteiger partial charge is 0.224 e. The molecule has 7 N–H and O–H groups in total. The molecule has 0 saturated carbocycles. The Morgan fingerprint density at radius 3 is 2.08 bits per heavy atom. The molecular formula is C30H24O9. The Hall–Kier alpha value is -5.15. The lowest BCUT2D eigenvalue weighted by Gasteiger charge is -2.33. The van der Waals surface area contributed by atoms with Gasteiger partial charge in [-0.05, 0) is 70.8 Å². The Labute approximate surface area is 222 Å². The highest BCUT2D eigenvalue weighted by Gasteiger charge is 2.47. The van der Waals surface area contributed by atoms with Crippen LogP contribution in [0, 0.1) is 0 Å². The number of aliphatic hydroxyl groups is 2. The number of aromatic hydroxyl groups is 5. The molecule has 39 heavy (non-hydrogen) atoms. The first kappa shape index (κ1) is 25.5. The van der Waals surface area contributed by atoms with E-state index in [9.17, 15) is 35.4 Å². The lowest BCUT2D eigenvalue weighted by atomic mass is 9.85. The second-order valence-corrected chi connectivity index (χ2v) is 9.37. The normalized spacial score (nSPS) is 19.3. The van der Waals surface area contributed by atoms with Crippen molar-refractivity contribution in [2.75, 3.05) is 6.61 Å². The Balaban J connectivity index is 0.000000164. The quantitative estimate of drug-likeness (QED) is 0.192. The molecular weight excluding hydrogens is 504 g/mol. The predicted octanol–water partition coefficient (Wildman–Crippen LogP) is 4.05. The molecule has 1 heterocycles. The molecule has 6 rings (SSSR count). The van der Waals surface area contributed by atoms with Crippen molar-refractivity contribution < 1.29 is 45.3 Å². The minimum Gasteiger partial charge on any atom is -0.508 e. The van der Waals surface area contributed by atoms with Crippen LogP contribution in [0.4, 0.5) is 0 Å². The summed E-state index contributed by atoms with van der Waals surface area (Å²) in [5, 5.41) is 67.8. The molecule has 3 aromatic rings. The van der Waals surface area contributed by atoms with Crippen molar-refractivity contribution in [3.63, 3.8) is 0 Å². The first-order valence-electron chi connectivity index (χ1n) is 11.9. The Morgan fingerprint density at radius 1 is 0.744 bits per heavy atom. The number of ether oxygens (including phenoxy) is 1. The fraction of sp³-hybridized carbons (Fsp3) is 0.100. The van der Waals surface area contributed by atoms with Gasteiger partial charge >= 0.3 is 0 Å². The van der Waals surface area contributed by atoms with E-state index in [-0.39, 0.29) is 47.5 Å². The standard InChI is InChI=1S/C16H12O6.C14H12O3/c17-10-2-1-8-13-9-4-12(19)11(18)3-7(9)5-16(13,21)6-22-15(8)14(10)20;15-12-5-3-10(4-6-12)1-2-11-7-13(16)9-14(17)8-11/h1-4,18-21H,5-6H2;1-9,15-17H. The van der Waals surface area contributed by atoms with E-state index in [1.807, 2.05) is 6.08 Å². The molecule has 1 unspecified atom stereocenters. The Bertz CT molecular complexity index is 1590. The van der Waals surface area contributed by atoms with Gasteiger partial charge in [0.2, 0.25) is 11.5 Å². The molecule has 0 saturated heterocycles. The lowest BCUT2D eigenvalue weighted by Crippen LogP contribution is -2.39. The number of phenols is 5. The van der Waals surface area contributed by atoms with Gasteiger partial charge in [-0.3, -0.25) is 4.79 Å². The van der Waals surface area contributed by atoms with Crippen molar-refractivity contribution in [2.45, 2.75) is 12.0 Å². The summed E-state index contributed by atoms with van der Waals surface area (Å²) in [4.78, 5) is 11.5. The Morgan fingerprint density at radius 2 is 1.38 bits per heavy atom. The zero-order chi connectivity index (χ0) is 27.9. The van der Waals surface area contributed by atoms with Crippen LogP contribution < -0.4 is 0 Å². The maximum absolute atomic E-state index is 11.5. The summed E-state index contributed by atoms with van der Waals surface area (Å²) in [5.41, 5.74) is 2.42. The van der Waals surface area contributed by atoms with Crippen molar-refractivity contribution >= 4 is 23.5 Å². The summed E-state index contributed by atoms with van der Waals surface area (Å²) in [5.74, 6) is -1.32. The molecule has 198 valence electrons. The molecule has 0 amide bonds. The zero-order valence-electron chi connectivity index (χ0n) is 20.4. The molecule has 9 nitrogen and oxygen atoms in total. The van der Waals surface area contributed by atoms with Gasteiger partial charge in [-0.15, -0.1) is 0 Å². The van der Waals surface area contributed by atoms with E-state index in [4.69, 9.17) is 9.84 Å². The van der Waals surface area contributed by atoms with Gasteiger partial charge < -0.3 is 40.5 Å². The Kier molecular flexibility index (Phi) is 6.29. The highest BCUT2D eigenvalue weighted by atomic mass is 16.5. The van der Waals surface area contributed by atoms with E-state index in [1.165, 1.54) is 30.4 Å². The monoisotopic (exact) mass is 528 g/mol. The number of allylic oxidation sites excluding steroid dienone is 2. The second-order valence-electron chi connectivity index (χ2n) is 9.37. The minimum absolute atomic E-state index is 0.0235. The van der Waals surface area contributed by atoms with Crippen LogP contribution in [0.25, 0.3) is 17.7 Å². The average molecular weight is 529 g/mol. The predicted molar refractivity (Wildman–Crippen MR) is 142 cm³/mol. The number of phenolic OH excluding ortho intramolecular Hbond substituents is 5. The molecule has 0 aromatic heterocycles. The molecule has 0 spiro atoms. The topological polar surface area (TPSA) is 168 Å². The SMILES string of the molecule is O=C1C=CC2=C3c4cc(O)c(O)cc4CC3(O)COC2=C1O.Oc1ccc(C=Cc2cc(O)cc(O)c2)cc1. The number of rotatable bonds is 2. The van der Waals surface area contributed by atoms with Crippen molar-refractivity contribution in [1.29, 1.82) is 0 Å². The summed E-state index contributed by atoms with van der Waals surface area (Å²) in [7, 11) is 0. The van der Waals surface area contributed by atoms with Crippen LogP contribution in [0.2, 0.25) is 0 Å². The summed E-state index contributed by atoms with van der Waals surface area (Å²) in [6.07, 6.45) is 6.49. The maximum Gasteiger partial charge on any atom is 0.224 e. The van der Waals surface area contributed by atoms with E-state index < -0.39 is 17.1 Å². The van der Waals surface area contributed by atoms with Gasteiger partial charge in [0.15, 0.2) is 17.3 Å². The van der Waals surface area contributed by atoms with Gasteiger partial charge in [0.1, 0.15) is 29.5 Å². The average Bonchev–Trinajstić information content (AvgIpc) is 3.17. The van der Waals surface area contributed by atoms with Gasteiger partial charge in [0, 0.05) is 23.6 Å². The summed E-state index contributed by atoms with van der Waals surface area (Å²) in [6.45, 7) is -0.122. The number of carbonyl (C=O) groups is 1. The molecule has 1 aliphatic heterocycles. The van der Waals surface area contributed by atoms with Crippen molar-refractivity contribution in [3.8, 4) is 28.7 Å². The molecule has 9 heteroatoms. The van der Waals surface area contributed by atoms with Crippen LogP contribution >= 0.6 is 0 Å². The number of ketones is 1. The first-order chi connectivity index (χ1) is 18.5. The fourth-order valence-electron chi connectivity index (χ4n) is 4.75. The van der Waals surface area contributed by atoms with Gasteiger partial charge in [-0.1, -0.05) is 24.3 Å². The lowest BCUT2D eigenvalue weighted by molar-refractivity contribution is -0.114. The van der Waals surface area contributed by atoms with Crippen molar-refractivity contribution in [3.05, 3.63) is 106 Å². The van der Waals surface area contributed by atoms with Gasteiger partial charge in [-0.25, -0.2) is 0 Å². The second kappa shape index (κ2) is 9.62. The van der Waals surface area contributed by atoms with E-state index in [0.717, 1.165) is 5.56 Å². The van der Waals surface area contributed by atoms with Crippen LogP contribution in [0.1, 0.15) is 22.3 Å². The maximum atomic E-state index is 11.5. The minimum atomic E-state index is -1.33. The fourth-order valence-corrected chi connectivity index (χ4v) is 4.75. The van der Waals surface area contributed by atoms with Crippen LogP contribution in [-0.2, 0) is 16.0 Å². The van der Waals surface area contributed by atoms with E-state index in [2.05, 4.69) is 0 Å². The van der Waals surface area contributed by atoms with Crippen LogP contribution in [0.15, 0.2) is 83.8 Å². The first-order valence-corrected chi connectivity index (χ1v) is 11.9. The highest BCUT2D eigenvalue weighted by Crippen LogP contribution is 2.50. The molecule has 3 aliphatic rings. The number of carbonyl (C=O) groups excluding carboxylic acids is 1. The number of aliphatic hydroxyl groups excluding tert-OH is 1. The number of fused-ring (bicyclic) bond motifs is 4. The molecule has 0 fully saturated rings. The van der Waals surface area contributed by atoms with Gasteiger partial charge in [0.05, 0.1) is 0 Å². The van der Waals surface area contributed by atoms with E-state index in [0.29, 0.717) is 27.8 Å². The summed E-state index contributed by atoms with van der Waals surface area (Å²) >= 11 is 0. The molecule has 3 aromatic carbocycles. The zero-order valence-corrected chi connectivity index (χ0v) is 20.4. The summed E-state index contributed by atoms with van der Waals surface area (Å²) < 4.78 is 5.40. The van der Waals surface area contributed by atoms with Gasteiger partial charge in [-0.2, -0.15) is 0 Å². The highest BCUT2D eigenvalue weighted by molar-refractivity contribution is 6.06. The summed E-state index contributed by atoms with van der Waals surface area (Å²) in [6, 6.07) is 13.9. The van der Waals surface area contributed by atoms with E-state index in [1.54, 1.807) is 42.5 Å². The molecule has 0 radical (unpaired) electrons. The third-order valence-electron chi connectivity index (χ3n) is 6.52. The van der Waals surface area contributed by atoms with E-state index >= 15 is 0 Å². The third kappa shape index (κ3) is 4.90. The number of hydrogen-bond donors (Lipinski definition) is 7. The van der Waals surface area contributed by atoms with Crippen molar-refractivity contribution in [1.82, 2.24) is 0 Å². The van der Waals surface area contributed by atoms with Crippen LogP contribution in [-0.4, -0.2) is 53.7 Å². The largest absolute Gasteiger partial charge is 0.508 e. The number of hydrogen-bond acceptors (Lipinski definition) is 9. The van der Waals surface area contributed by atoms with Crippen molar-refractivity contribution in [2.24, 2.45) is 0 Å². The molecule has 2 aliphatic carbocycles. The molecule has 1 atom stereocenters. The molecule has 0 bridgehead atoms. The van der Waals surface area contributed by atoms with Gasteiger partial charge in [0.25, 0.3) is 0 Å². The van der Waals surface area contributed by atoms with Crippen LogP contribution in [0.5, 0.6) is 28.7 Å². The van der Waals surface area contributed by atoms with Crippen LogP contribution in [0.3, 0.4) is 0 Å².